The van der Waals surface area contributed by atoms with Crippen LogP contribution in [-0.4, -0.2) is 43.3 Å². The van der Waals surface area contributed by atoms with Gasteiger partial charge in [-0.05, 0) is 25.3 Å². The molecule has 3 N–H and O–H groups in total. The molecule has 2 heterocycles. The van der Waals surface area contributed by atoms with Crippen molar-refractivity contribution in [3.8, 4) is 0 Å². The van der Waals surface area contributed by atoms with E-state index in [1.807, 2.05) is 11.4 Å². The third kappa shape index (κ3) is 3.45. The molecule has 0 aliphatic carbocycles. The molecule has 2 rings (SSSR count). The maximum Gasteiger partial charge on any atom is 0.0594 e. The number of nitrogens with zero attached hydrogens (tertiary/aromatic N) is 1. The normalized spacial score (nSPS) is 18.1. The molecule has 1 aliphatic heterocycles. The quantitative estimate of drug-likeness (QED) is 0.851. The van der Waals surface area contributed by atoms with Crippen molar-refractivity contribution >= 4 is 17.0 Å². The SMILES string of the molecule is CC(C)(CNCc1sccc1N)N1CCOCC1. The van der Waals surface area contributed by atoms with Gasteiger partial charge < -0.3 is 15.8 Å². The highest BCUT2D eigenvalue weighted by Gasteiger charge is 2.27. The Labute approximate surface area is 113 Å². The van der Waals surface area contributed by atoms with E-state index in [1.54, 1.807) is 11.3 Å². The first-order valence-electron chi connectivity index (χ1n) is 6.45. The molecule has 5 heteroatoms. The number of morpholine rings is 1. The molecule has 0 amide bonds. The van der Waals surface area contributed by atoms with Crippen LogP contribution in [0, 0.1) is 0 Å². The van der Waals surface area contributed by atoms with E-state index in [0.717, 1.165) is 45.1 Å². The van der Waals surface area contributed by atoms with Gasteiger partial charge in [0.1, 0.15) is 0 Å². The zero-order valence-corrected chi connectivity index (χ0v) is 12.1. The Kier molecular flexibility index (Phi) is 4.61. The summed E-state index contributed by atoms with van der Waals surface area (Å²) in [7, 11) is 0. The summed E-state index contributed by atoms with van der Waals surface area (Å²) in [5.74, 6) is 0. The molecule has 1 fully saturated rings. The van der Waals surface area contributed by atoms with Gasteiger partial charge in [0.15, 0.2) is 0 Å². The standard InChI is InChI=1S/C13H23N3OS/c1-13(2,16-4-6-17-7-5-16)10-15-9-12-11(14)3-8-18-12/h3,8,15H,4-7,9-10,14H2,1-2H3. The lowest BCUT2D eigenvalue weighted by atomic mass is 10.0. The molecule has 102 valence electrons. The fraction of sp³-hybridized carbons (Fsp3) is 0.692. The lowest BCUT2D eigenvalue weighted by molar-refractivity contribution is -0.00964. The maximum absolute atomic E-state index is 5.88. The Morgan fingerprint density at radius 3 is 2.78 bits per heavy atom. The third-order valence-electron chi connectivity index (χ3n) is 3.49. The first kappa shape index (κ1) is 13.8. The summed E-state index contributed by atoms with van der Waals surface area (Å²) in [6.07, 6.45) is 0. The molecule has 4 nitrogen and oxygen atoms in total. The Balaban J connectivity index is 1.79. The van der Waals surface area contributed by atoms with Crippen LogP contribution in [0.15, 0.2) is 11.4 Å². The van der Waals surface area contributed by atoms with Gasteiger partial charge in [-0.1, -0.05) is 0 Å². The van der Waals surface area contributed by atoms with Crippen LogP contribution < -0.4 is 11.1 Å². The minimum Gasteiger partial charge on any atom is -0.398 e. The molecular formula is C13H23N3OS. The summed E-state index contributed by atoms with van der Waals surface area (Å²) in [6.45, 7) is 10.1. The van der Waals surface area contributed by atoms with Crippen LogP contribution in [0.25, 0.3) is 0 Å². The van der Waals surface area contributed by atoms with Crippen molar-refractivity contribution in [1.82, 2.24) is 10.2 Å². The molecule has 1 aromatic heterocycles. The predicted molar refractivity (Wildman–Crippen MR) is 76.9 cm³/mol. The van der Waals surface area contributed by atoms with Crippen LogP contribution in [-0.2, 0) is 11.3 Å². The van der Waals surface area contributed by atoms with Gasteiger partial charge in [-0.2, -0.15) is 0 Å². The second kappa shape index (κ2) is 6.02. The molecule has 0 bridgehead atoms. The van der Waals surface area contributed by atoms with Gasteiger partial charge >= 0.3 is 0 Å². The van der Waals surface area contributed by atoms with Crippen LogP contribution in [0.4, 0.5) is 5.69 Å². The Hall–Kier alpha value is -0.620. The number of nitrogens with two attached hydrogens (primary N) is 1. The van der Waals surface area contributed by atoms with Gasteiger partial charge in [-0.3, -0.25) is 4.90 Å². The Morgan fingerprint density at radius 1 is 1.44 bits per heavy atom. The smallest absolute Gasteiger partial charge is 0.0594 e. The summed E-state index contributed by atoms with van der Waals surface area (Å²) in [5, 5.41) is 5.56. The fourth-order valence-electron chi connectivity index (χ4n) is 2.26. The monoisotopic (exact) mass is 269 g/mol. The van der Waals surface area contributed by atoms with Crippen LogP contribution in [0.2, 0.25) is 0 Å². The molecule has 0 aromatic carbocycles. The van der Waals surface area contributed by atoms with E-state index in [9.17, 15) is 0 Å². The first-order valence-corrected chi connectivity index (χ1v) is 7.33. The van der Waals surface area contributed by atoms with E-state index in [0.29, 0.717) is 0 Å². The van der Waals surface area contributed by atoms with Crippen LogP contribution >= 0.6 is 11.3 Å². The highest BCUT2D eigenvalue weighted by molar-refractivity contribution is 7.10. The molecule has 0 spiro atoms. The highest BCUT2D eigenvalue weighted by atomic mass is 32.1. The summed E-state index contributed by atoms with van der Waals surface area (Å²) < 4.78 is 5.40. The summed E-state index contributed by atoms with van der Waals surface area (Å²) in [5.41, 5.74) is 6.94. The van der Waals surface area contributed by atoms with Crippen molar-refractivity contribution in [3.05, 3.63) is 16.3 Å². The average molecular weight is 269 g/mol. The predicted octanol–water partition coefficient (Wildman–Crippen LogP) is 1.53. The molecule has 0 atom stereocenters. The van der Waals surface area contributed by atoms with Gasteiger partial charge in [-0.15, -0.1) is 11.3 Å². The zero-order chi connectivity index (χ0) is 13.0. The molecule has 1 saturated heterocycles. The molecule has 0 saturated carbocycles. The van der Waals surface area contributed by atoms with E-state index in [4.69, 9.17) is 10.5 Å². The van der Waals surface area contributed by atoms with Gasteiger partial charge in [0.2, 0.25) is 0 Å². The van der Waals surface area contributed by atoms with Crippen molar-refractivity contribution < 1.29 is 4.74 Å². The van der Waals surface area contributed by atoms with Crippen molar-refractivity contribution in [3.63, 3.8) is 0 Å². The van der Waals surface area contributed by atoms with Crippen molar-refractivity contribution in [2.75, 3.05) is 38.6 Å². The molecule has 0 unspecified atom stereocenters. The van der Waals surface area contributed by atoms with Gasteiger partial charge in [-0.25, -0.2) is 0 Å². The van der Waals surface area contributed by atoms with Crippen molar-refractivity contribution in [2.45, 2.75) is 25.9 Å². The first-order chi connectivity index (χ1) is 8.59. The van der Waals surface area contributed by atoms with Gasteiger partial charge in [0, 0.05) is 42.3 Å². The number of ether oxygens (including phenoxy) is 1. The molecule has 0 radical (unpaired) electrons. The highest BCUT2D eigenvalue weighted by Crippen LogP contribution is 2.19. The van der Waals surface area contributed by atoms with E-state index < -0.39 is 0 Å². The lowest BCUT2D eigenvalue weighted by Gasteiger charge is -2.41. The summed E-state index contributed by atoms with van der Waals surface area (Å²) in [4.78, 5) is 3.72. The maximum atomic E-state index is 5.88. The van der Waals surface area contributed by atoms with Gasteiger partial charge in [0.05, 0.1) is 13.2 Å². The minimum absolute atomic E-state index is 0.163. The molecule has 1 aliphatic rings. The van der Waals surface area contributed by atoms with E-state index >= 15 is 0 Å². The number of hydrogen-bond acceptors (Lipinski definition) is 5. The summed E-state index contributed by atoms with van der Waals surface area (Å²) >= 11 is 1.71. The van der Waals surface area contributed by atoms with Crippen LogP contribution in [0.3, 0.4) is 0 Å². The number of nitrogen functional groups attached to an aromatic ring is 1. The number of thiophene rings is 1. The Morgan fingerprint density at radius 2 is 2.17 bits per heavy atom. The fourth-order valence-corrected chi connectivity index (χ4v) is 3.03. The lowest BCUT2D eigenvalue weighted by Crippen LogP contribution is -2.54. The number of anilines is 1. The number of rotatable bonds is 5. The second-order valence-electron chi connectivity index (χ2n) is 5.31. The van der Waals surface area contributed by atoms with Gasteiger partial charge in [0.25, 0.3) is 0 Å². The third-order valence-corrected chi connectivity index (χ3v) is 4.43. The van der Waals surface area contributed by atoms with Crippen molar-refractivity contribution in [1.29, 1.82) is 0 Å². The molecule has 18 heavy (non-hydrogen) atoms. The van der Waals surface area contributed by atoms with E-state index in [-0.39, 0.29) is 5.54 Å². The topological polar surface area (TPSA) is 50.5 Å². The van der Waals surface area contributed by atoms with E-state index in [1.165, 1.54) is 4.88 Å². The number of nitrogens with one attached hydrogen (secondary N) is 1. The zero-order valence-electron chi connectivity index (χ0n) is 11.2. The number of hydrogen-bond donors (Lipinski definition) is 2. The summed E-state index contributed by atoms with van der Waals surface area (Å²) in [6, 6.07) is 1.97. The van der Waals surface area contributed by atoms with Crippen LogP contribution in [0.5, 0.6) is 0 Å². The molecule has 1 aromatic rings. The van der Waals surface area contributed by atoms with Crippen LogP contribution in [0.1, 0.15) is 18.7 Å². The van der Waals surface area contributed by atoms with Crippen molar-refractivity contribution in [2.24, 2.45) is 0 Å². The molecular weight excluding hydrogens is 246 g/mol. The Bertz CT molecular complexity index is 372. The van der Waals surface area contributed by atoms with E-state index in [2.05, 4.69) is 24.1 Å². The second-order valence-corrected chi connectivity index (χ2v) is 6.32. The average Bonchev–Trinajstić information content (AvgIpc) is 2.76. The largest absolute Gasteiger partial charge is 0.398 e. The minimum atomic E-state index is 0.163.